The van der Waals surface area contributed by atoms with E-state index >= 15 is 0 Å². The summed E-state index contributed by atoms with van der Waals surface area (Å²) < 4.78 is 2.64. The van der Waals surface area contributed by atoms with Crippen LogP contribution in [-0.2, 0) is 5.41 Å². The molecule has 1 fully saturated rings. The molecule has 0 radical (unpaired) electrons. The van der Waals surface area contributed by atoms with Crippen molar-refractivity contribution in [1.82, 2.24) is 0 Å². The Morgan fingerprint density at radius 1 is 0.923 bits per heavy atom. The molecule has 39 heavy (non-hydrogen) atoms. The fraction of sp³-hybridized carbons (Fsp3) is 0.432. The van der Waals surface area contributed by atoms with Crippen LogP contribution in [0.5, 0.6) is 0 Å². The van der Waals surface area contributed by atoms with Crippen LogP contribution in [0.2, 0.25) is 0 Å². The molecule has 5 rings (SSSR count). The van der Waals surface area contributed by atoms with Gasteiger partial charge in [-0.1, -0.05) is 74.6 Å². The first-order chi connectivity index (χ1) is 19.1. The molecular formula is C37H47N2+. The summed E-state index contributed by atoms with van der Waals surface area (Å²) in [5, 5.41) is 2.70. The molecule has 0 N–H and O–H groups in total. The molecule has 1 aliphatic carbocycles. The third kappa shape index (κ3) is 5.62. The van der Waals surface area contributed by atoms with Crippen LogP contribution in [0.3, 0.4) is 0 Å². The van der Waals surface area contributed by atoms with E-state index in [0.717, 1.165) is 32.0 Å². The van der Waals surface area contributed by atoms with Gasteiger partial charge in [-0.3, -0.25) is 0 Å². The third-order valence-corrected chi connectivity index (χ3v) is 9.33. The van der Waals surface area contributed by atoms with Crippen molar-refractivity contribution in [3.05, 3.63) is 90.5 Å². The molecule has 1 unspecified atom stereocenters. The van der Waals surface area contributed by atoms with Crippen molar-refractivity contribution in [2.75, 3.05) is 24.5 Å². The average Bonchev–Trinajstić information content (AvgIpc) is 3.56. The van der Waals surface area contributed by atoms with Gasteiger partial charge in [0.1, 0.15) is 6.54 Å². The van der Waals surface area contributed by atoms with Crippen molar-refractivity contribution in [2.24, 2.45) is 5.92 Å². The monoisotopic (exact) mass is 519 g/mol. The van der Waals surface area contributed by atoms with Gasteiger partial charge < -0.3 is 4.90 Å². The van der Waals surface area contributed by atoms with Crippen molar-refractivity contribution in [2.45, 2.75) is 77.6 Å². The van der Waals surface area contributed by atoms with Crippen LogP contribution in [0.4, 0.5) is 11.4 Å². The normalized spacial score (nSPS) is 19.4. The molecule has 1 aliphatic heterocycles. The Bertz CT molecular complexity index is 1340. The Kier molecular flexibility index (Phi) is 8.70. The van der Waals surface area contributed by atoms with Crippen LogP contribution in [-0.4, -0.2) is 29.9 Å². The molecule has 0 bridgehead atoms. The number of anilines is 1. The summed E-state index contributed by atoms with van der Waals surface area (Å²) in [6.07, 6.45) is 17.5. The van der Waals surface area contributed by atoms with Crippen LogP contribution in [0.1, 0.15) is 83.3 Å². The lowest BCUT2D eigenvalue weighted by molar-refractivity contribution is -0.438. The Morgan fingerprint density at radius 3 is 2.38 bits per heavy atom. The number of hydrogen-bond donors (Lipinski definition) is 0. The quantitative estimate of drug-likeness (QED) is 0.131. The van der Waals surface area contributed by atoms with Gasteiger partial charge in [0.15, 0.2) is 5.71 Å². The van der Waals surface area contributed by atoms with Gasteiger partial charge in [-0.05, 0) is 80.1 Å². The van der Waals surface area contributed by atoms with Crippen molar-refractivity contribution in [1.29, 1.82) is 0 Å². The second kappa shape index (κ2) is 12.4. The summed E-state index contributed by atoms with van der Waals surface area (Å²) in [6.45, 7) is 14.2. The molecule has 3 aromatic rings. The zero-order valence-electron chi connectivity index (χ0n) is 24.5. The predicted molar refractivity (Wildman–Crippen MR) is 171 cm³/mol. The molecule has 204 valence electrons. The number of nitrogens with zero attached hydrogens (tertiary/aromatic N) is 2. The highest BCUT2D eigenvalue weighted by molar-refractivity contribution is 6.09. The molecule has 1 heterocycles. The lowest BCUT2D eigenvalue weighted by atomic mass is 9.74. The van der Waals surface area contributed by atoms with Gasteiger partial charge in [0.2, 0.25) is 5.69 Å². The first-order valence-electron chi connectivity index (χ1n) is 15.4. The topological polar surface area (TPSA) is 6.25 Å². The summed E-state index contributed by atoms with van der Waals surface area (Å²) in [7, 11) is 0. The lowest BCUT2D eigenvalue weighted by Crippen LogP contribution is -2.31. The zero-order chi connectivity index (χ0) is 27.2. The minimum Gasteiger partial charge on any atom is -0.372 e. The Balaban J connectivity index is 1.50. The molecule has 2 nitrogen and oxygen atoms in total. The van der Waals surface area contributed by atoms with Crippen LogP contribution in [0.25, 0.3) is 16.8 Å². The highest BCUT2D eigenvalue weighted by Gasteiger charge is 2.47. The smallest absolute Gasteiger partial charge is 0.210 e. The highest BCUT2D eigenvalue weighted by atomic mass is 15.1. The van der Waals surface area contributed by atoms with Gasteiger partial charge in [0, 0.05) is 42.9 Å². The number of hydrogen-bond acceptors (Lipinski definition) is 1. The largest absolute Gasteiger partial charge is 0.372 e. The van der Waals surface area contributed by atoms with Crippen molar-refractivity contribution in [3.8, 4) is 0 Å². The maximum atomic E-state index is 4.20. The van der Waals surface area contributed by atoms with E-state index in [1.54, 1.807) is 0 Å². The van der Waals surface area contributed by atoms with E-state index in [4.69, 9.17) is 0 Å². The summed E-state index contributed by atoms with van der Waals surface area (Å²) in [5.41, 5.74) is 6.69. The van der Waals surface area contributed by atoms with E-state index in [1.165, 1.54) is 83.9 Å². The Morgan fingerprint density at radius 2 is 1.67 bits per heavy atom. The Hall–Kier alpha value is -3.13. The molecule has 0 aromatic heterocycles. The molecule has 0 spiro atoms. The highest BCUT2D eigenvalue weighted by Crippen LogP contribution is 2.46. The molecule has 0 amide bonds. The van der Waals surface area contributed by atoms with Crippen molar-refractivity contribution in [3.63, 3.8) is 0 Å². The minimum absolute atomic E-state index is 0.110. The standard InChI is InChI=1S/C37H47N2/c1-5-27-37(4)35(26-21-30-19-23-32(24-20-30)38(6-2)7-3)39(28-13-12-16-29-14-8-9-15-29)34-25-22-31-17-10-11-18-33(31)36(34)37/h5,10-11,17-26,29H,1,6-9,12-16,27-28H2,2-4H3/q+1. The SMILES string of the molecule is C=CCC1(C)C(C=Cc2ccc(N(CC)CC)cc2)=[N+](CCCCC2CCCC2)c2ccc3ccccc3c21. The molecule has 2 heteroatoms. The van der Waals surface area contributed by atoms with Crippen molar-refractivity contribution >= 4 is 33.9 Å². The molecule has 3 aromatic carbocycles. The summed E-state index contributed by atoms with van der Waals surface area (Å²) in [5.74, 6) is 0.966. The van der Waals surface area contributed by atoms with Gasteiger partial charge in [-0.25, -0.2) is 0 Å². The molecule has 0 saturated heterocycles. The average molecular weight is 520 g/mol. The van der Waals surface area contributed by atoms with Crippen LogP contribution >= 0.6 is 0 Å². The van der Waals surface area contributed by atoms with E-state index in [2.05, 4.69) is 116 Å². The third-order valence-electron chi connectivity index (χ3n) is 9.33. The fourth-order valence-electron chi connectivity index (χ4n) is 7.19. The second-order valence-corrected chi connectivity index (χ2v) is 11.8. The van der Waals surface area contributed by atoms with Gasteiger partial charge in [0.05, 0.1) is 5.41 Å². The lowest BCUT2D eigenvalue weighted by Gasteiger charge is -2.22. The van der Waals surface area contributed by atoms with E-state index in [0.29, 0.717) is 0 Å². The maximum absolute atomic E-state index is 4.20. The number of allylic oxidation sites excluding steroid dienone is 2. The summed E-state index contributed by atoms with van der Waals surface area (Å²) in [6, 6.07) is 22.6. The summed E-state index contributed by atoms with van der Waals surface area (Å²) >= 11 is 0. The van der Waals surface area contributed by atoms with Gasteiger partial charge in [0.25, 0.3) is 0 Å². The Labute approximate surface area is 236 Å². The predicted octanol–water partition coefficient (Wildman–Crippen LogP) is 9.69. The molecule has 2 aliphatic rings. The maximum Gasteiger partial charge on any atom is 0.210 e. The van der Waals surface area contributed by atoms with Crippen molar-refractivity contribution < 1.29 is 4.58 Å². The second-order valence-electron chi connectivity index (χ2n) is 11.8. The molecular weight excluding hydrogens is 472 g/mol. The summed E-state index contributed by atoms with van der Waals surface area (Å²) in [4.78, 5) is 2.40. The van der Waals surface area contributed by atoms with Crippen LogP contribution in [0, 0.1) is 5.92 Å². The van der Waals surface area contributed by atoms with Crippen LogP contribution < -0.4 is 4.90 Å². The van der Waals surface area contributed by atoms with Gasteiger partial charge >= 0.3 is 0 Å². The molecule has 1 atom stereocenters. The number of fused-ring (bicyclic) bond motifs is 3. The van der Waals surface area contributed by atoms with Gasteiger partial charge in [-0.15, -0.1) is 6.58 Å². The minimum atomic E-state index is -0.110. The number of benzene rings is 3. The first kappa shape index (κ1) is 27.4. The number of unbranched alkanes of at least 4 members (excludes halogenated alkanes) is 1. The van der Waals surface area contributed by atoms with E-state index in [9.17, 15) is 0 Å². The zero-order valence-corrected chi connectivity index (χ0v) is 24.5. The van der Waals surface area contributed by atoms with E-state index in [1.807, 2.05) is 0 Å². The van der Waals surface area contributed by atoms with E-state index in [-0.39, 0.29) is 5.41 Å². The van der Waals surface area contributed by atoms with Gasteiger partial charge in [-0.2, -0.15) is 4.58 Å². The van der Waals surface area contributed by atoms with E-state index < -0.39 is 0 Å². The fourth-order valence-corrected chi connectivity index (χ4v) is 7.19. The van der Waals surface area contributed by atoms with Crippen LogP contribution in [0.15, 0.2) is 79.4 Å². The number of rotatable bonds is 12. The molecule has 1 saturated carbocycles. The first-order valence-corrected chi connectivity index (χ1v) is 15.4.